The van der Waals surface area contributed by atoms with Crippen molar-refractivity contribution in [2.45, 2.75) is 0 Å². The predicted octanol–water partition coefficient (Wildman–Crippen LogP) is 1.74. The van der Waals surface area contributed by atoms with Crippen molar-refractivity contribution in [3.05, 3.63) is 36.7 Å². The Morgan fingerprint density at radius 3 is 2.54 bits per heavy atom. The molecule has 0 fully saturated rings. The van der Waals surface area contributed by atoms with Gasteiger partial charge in [0.05, 0.1) is 11.9 Å². The van der Waals surface area contributed by atoms with Crippen LogP contribution in [0, 0.1) is 0 Å². The Bertz CT molecular complexity index is 363. The molecule has 0 aliphatic carbocycles. The zero-order valence-corrected chi connectivity index (χ0v) is 6.99. The van der Waals surface area contributed by atoms with Gasteiger partial charge in [-0.1, -0.05) is 0 Å². The van der Waals surface area contributed by atoms with E-state index in [1.165, 1.54) is 0 Å². The summed E-state index contributed by atoms with van der Waals surface area (Å²) in [6.07, 6.45) is 3.51. The first-order valence-electron chi connectivity index (χ1n) is 3.96. The smallest absolute Gasteiger partial charge is 0.0767 e. The molecule has 0 aliphatic heterocycles. The van der Waals surface area contributed by atoms with Crippen molar-refractivity contribution in [3.8, 4) is 0 Å². The van der Waals surface area contributed by atoms with Crippen LogP contribution in [0.2, 0.25) is 0 Å². The van der Waals surface area contributed by atoms with Crippen molar-refractivity contribution < 1.29 is 0 Å². The van der Waals surface area contributed by atoms with E-state index in [-0.39, 0.29) is 0 Å². The highest BCUT2D eigenvalue weighted by Crippen LogP contribution is 2.15. The summed E-state index contributed by atoms with van der Waals surface area (Å²) in [6, 6.07) is 7.54. The maximum absolute atomic E-state index is 5.55. The molecule has 0 spiro atoms. The molecule has 4 nitrogen and oxygen atoms in total. The van der Waals surface area contributed by atoms with Gasteiger partial charge >= 0.3 is 0 Å². The van der Waals surface area contributed by atoms with E-state index >= 15 is 0 Å². The highest BCUT2D eigenvalue weighted by atomic mass is 15.1. The number of nitrogen functional groups attached to an aromatic ring is 1. The quantitative estimate of drug-likeness (QED) is 0.607. The fraction of sp³-hybridized carbons (Fsp3) is 0. The molecule has 4 N–H and O–H groups in total. The average Bonchev–Trinajstić information content (AvgIpc) is 2.62. The van der Waals surface area contributed by atoms with Gasteiger partial charge in [0.25, 0.3) is 0 Å². The van der Waals surface area contributed by atoms with Gasteiger partial charge in [0, 0.05) is 17.6 Å². The van der Waals surface area contributed by atoms with Crippen molar-refractivity contribution in [1.29, 1.82) is 0 Å². The zero-order valence-electron chi connectivity index (χ0n) is 6.99. The summed E-state index contributed by atoms with van der Waals surface area (Å²) < 4.78 is 0. The van der Waals surface area contributed by atoms with E-state index in [2.05, 4.69) is 15.5 Å². The summed E-state index contributed by atoms with van der Waals surface area (Å²) in [6.45, 7) is 0. The minimum atomic E-state index is 0.762. The van der Waals surface area contributed by atoms with Gasteiger partial charge < -0.3 is 11.1 Å². The van der Waals surface area contributed by atoms with Crippen LogP contribution in [0.3, 0.4) is 0 Å². The number of H-pyrrole nitrogens is 1. The number of hydrogen-bond acceptors (Lipinski definition) is 3. The first-order valence-corrected chi connectivity index (χ1v) is 3.96. The Balaban J connectivity index is 2.15. The molecule has 1 aromatic carbocycles. The molecule has 4 heteroatoms. The van der Waals surface area contributed by atoms with Crippen molar-refractivity contribution >= 4 is 17.1 Å². The van der Waals surface area contributed by atoms with Crippen molar-refractivity contribution in [1.82, 2.24) is 10.2 Å². The number of anilines is 3. The molecule has 0 radical (unpaired) electrons. The molecule has 0 amide bonds. The molecular weight excluding hydrogens is 164 g/mol. The number of rotatable bonds is 2. The molecule has 0 saturated heterocycles. The lowest BCUT2D eigenvalue weighted by Gasteiger charge is -2.02. The number of nitrogens with two attached hydrogens (primary N) is 1. The van der Waals surface area contributed by atoms with Gasteiger partial charge in [0.15, 0.2) is 0 Å². The van der Waals surface area contributed by atoms with Crippen LogP contribution in [0.4, 0.5) is 17.1 Å². The molecule has 1 aromatic heterocycles. The summed E-state index contributed by atoms with van der Waals surface area (Å²) in [4.78, 5) is 0. The number of benzene rings is 1. The average molecular weight is 174 g/mol. The van der Waals surface area contributed by atoms with Crippen LogP contribution in [0.5, 0.6) is 0 Å². The first-order chi connectivity index (χ1) is 6.34. The van der Waals surface area contributed by atoms with E-state index in [4.69, 9.17) is 5.73 Å². The SMILES string of the molecule is Nc1ccc(Nc2cn[nH]c2)cc1. The molecule has 2 rings (SSSR count). The number of aromatic amines is 1. The minimum absolute atomic E-state index is 0.762. The van der Waals surface area contributed by atoms with Crippen molar-refractivity contribution in [3.63, 3.8) is 0 Å². The molecule has 0 unspecified atom stereocenters. The largest absolute Gasteiger partial charge is 0.399 e. The van der Waals surface area contributed by atoms with Crippen LogP contribution in [-0.4, -0.2) is 10.2 Å². The molecule has 0 bridgehead atoms. The molecule has 1 heterocycles. The van der Waals surface area contributed by atoms with E-state index in [0.29, 0.717) is 0 Å². The van der Waals surface area contributed by atoms with Crippen LogP contribution >= 0.6 is 0 Å². The maximum Gasteiger partial charge on any atom is 0.0767 e. The molecule has 13 heavy (non-hydrogen) atoms. The Kier molecular flexibility index (Phi) is 1.88. The third kappa shape index (κ3) is 1.79. The summed E-state index contributed by atoms with van der Waals surface area (Å²) in [7, 11) is 0. The molecule has 0 aliphatic rings. The number of hydrogen-bond donors (Lipinski definition) is 3. The predicted molar refractivity (Wildman–Crippen MR) is 52.7 cm³/mol. The monoisotopic (exact) mass is 174 g/mol. The normalized spacial score (nSPS) is 9.85. The third-order valence-corrected chi connectivity index (χ3v) is 1.70. The Labute approximate surface area is 75.8 Å². The lowest BCUT2D eigenvalue weighted by Crippen LogP contribution is -1.89. The Morgan fingerprint density at radius 1 is 1.15 bits per heavy atom. The van der Waals surface area contributed by atoms with Gasteiger partial charge in [-0.2, -0.15) is 5.10 Å². The topological polar surface area (TPSA) is 66.7 Å². The van der Waals surface area contributed by atoms with Gasteiger partial charge in [-0.3, -0.25) is 5.10 Å². The van der Waals surface area contributed by atoms with Gasteiger partial charge in [0.2, 0.25) is 0 Å². The van der Waals surface area contributed by atoms with E-state index in [9.17, 15) is 0 Å². The van der Waals surface area contributed by atoms with Gasteiger partial charge in [-0.05, 0) is 24.3 Å². The van der Waals surface area contributed by atoms with Gasteiger partial charge in [0.1, 0.15) is 0 Å². The van der Waals surface area contributed by atoms with Crippen molar-refractivity contribution in [2.75, 3.05) is 11.1 Å². The van der Waals surface area contributed by atoms with E-state index in [0.717, 1.165) is 17.1 Å². The first kappa shape index (κ1) is 7.67. The van der Waals surface area contributed by atoms with Crippen LogP contribution in [0.25, 0.3) is 0 Å². The fourth-order valence-electron chi connectivity index (χ4n) is 1.05. The van der Waals surface area contributed by atoms with Gasteiger partial charge in [-0.15, -0.1) is 0 Å². The molecule has 0 atom stereocenters. The summed E-state index contributed by atoms with van der Waals surface area (Å²) in [5.74, 6) is 0. The summed E-state index contributed by atoms with van der Waals surface area (Å²) in [5, 5.41) is 9.71. The fourth-order valence-corrected chi connectivity index (χ4v) is 1.05. The van der Waals surface area contributed by atoms with E-state index in [1.807, 2.05) is 24.3 Å². The second-order valence-corrected chi connectivity index (χ2v) is 2.73. The molecular formula is C9H10N4. The van der Waals surface area contributed by atoms with E-state index < -0.39 is 0 Å². The van der Waals surface area contributed by atoms with Gasteiger partial charge in [-0.25, -0.2) is 0 Å². The van der Waals surface area contributed by atoms with Crippen LogP contribution in [0.1, 0.15) is 0 Å². The second kappa shape index (κ2) is 3.18. The number of nitrogens with zero attached hydrogens (tertiary/aromatic N) is 1. The highest BCUT2D eigenvalue weighted by molar-refractivity contribution is 5.60. The Morgan fingerprint density at radius 2 is 1.92 bits per heavy atom. The lowest BCUT2D eigenvalue weighted by atomic mass is 10.3. The molecule has 0 saturated carbocycles. The Hall–Kier alpha value is -1.97. The zero-order chi connectivity index (χ0) is 9.10. The third-order valence-electron chi connectivity index (χ3n) is 1.70. The standard InChI is InChI=1S/C9H10N4/c10-7-1-3-8(4-2-7)13-9-5-11-12-6-9/h1-6,13H,10H2,(H,11,12). The lowest BCUT2D eigenvalue weighted by molar-refractivity contribution is 1.09. The summed E-state index contributed by atoms with van der Waals surface area (Å²) >= 11 is 0. The van der Waals surface area contributed by atoms with E-state index in [1.54, 1.807) is 12.4 Å². The van der Waals surface area contributed by atoms with Crippen molar-refractivity contribution in [2.24, 2.45) is 0 Å². The van der Waals surface area contributed by atoms with Crippen LogP contribution < -0.4 is 11.1 Å². The molecule has 66 valence electrons. The summed E-state index contributed by atoms with van der Waals surface area (Å²) in [5.41, 5.74) is 8.25. The number of nitrogens with one attached hydrogen (secondary N) is 2. The van der Waals surface area contributed by atoms with Crippen LogP contribution in [-0.2, 0) is 0 Å². The molecule has 2 aromatic rings. The number of aromatic nitrogens is 2. The maximum atomic E-state index is 5.55. The minimum Gasteiger partial charge on any atom is -0.399 e. The van der Waals surface area contributed by atoms with Crippen LogP contribution in [0.15, 0.2) is 36.7 Å². The second-order valence-electron chi connectivity index (χ2n) is 2.73. The highest BCUT2D eigenvalue weighted by Gasteiger charge is 1.93.